The molecule has 1 heterocycles. The smallest absolute Gasteiger partial charge is 0.308 e. The summed E-state index contributed by atoms with van der Waals surface area (Å²) in [7, 11) is 0. The summed E-state index contributed by atoms with van der Waals surface area (Å²) >= 11 is 5.67. The summed E-state index contributed by atoms with van der Waals surface area (Å²) < 4.78 is 10.7. The molecule has 8 heteroatoms. The topological polar surface area (TPSA) is 84.9 Å². The quantitative estimate of drug-likeness (QED) is 0.551. The minimum atomic E-state index is -0.541. The van der Waals surface area contributed by atoms with Crippen molar-refractivity contribution >= 4 is 35.1 Å². The number of alkyl halides is 1. The van der Waals surface area contributed by atoms with Crippen LogP contribution in [0.25, 0.3) is 0 Å². The van der Waals surface area contributed by atoms with Gasteiger partial charge in [0, 0.05) is 18.8 Å². The van der Waals surface area contributed by atoms with Crippen molar-refractivity contribution in [2.45, 2.75) is 45.6 Å². The number of esters is 1. The molecule has 0 fully saturated rings. The Labute approximate surface area is 170 Å². The lowest BCUT2D eigenvalue weighted by Gasteiger charge is -2.29. The second kappa shape index (κ2) is 9.78. The molecule has 2 amide bonds. The van der Waals surface area contributed by atoms with Gasteiger partial charge in [0.1, 0.15) is 17.2 Å². The van der Waals surface area contributed by atoms with Gasteiger partial charge in [-0.05, 0) is 57.4 Å². The molecular formula is C20H27ClN2O5. The Bertz CT molecular complexity index is 730. The van der Waals surface area contributed by atoms with Gasteiger partial charge in [-0.1, -0.05) is 0 Å². The van der Waals surface area contributed by atoms with Crippen molar-refractivity contribution in [3.05, 3.63) is 23.8 Å². The van der Waals surface area contributed by atoms with E-state index in [-0.39, 0.29) is 43.2 Å². The molecule has 1 aliphatic heterocycles. The maximum Gasteiger partial charge on any atom is 0.308 e. The summed E-state index contributed by atoms with van der Waals surface area (Å²) in [6.07, 6.45) is 1.79. The van der Waals surface area contributed by atoms with Gasteiger partial charge in [-0.15, -0.1) is 11.6 Å². The lowest BCUT2D eigenvalue weighted by molar-refractivity contribution is -0.154. The van der Waals surface area contributed by atoms with E-state index in [0.29, 0.717) is 12.3 Å². The van der Waals surface area contributed by atoms with Gasteiger partial charge in [0.15, 0.2) is 6.61 Å². The molecule has 154 valence electrons. The number of aryl methyl sites for hydroxylation is 1. The van der Waals surface area contributed by atoms with E-state index in [4.69, 9.17) is 21.1 Å². The highest BCUT2D eigenvalue weighted by atomic mass is 35.5. The van der Waals surface area contributed by atoms with Crippen LogP contribution in [0.3, 0.4) is 0 Å². The third-order valence-corrected chi connectivity index (χ3v) is 4.25. The molecule has 0 spiro atoms. The van der Waals surface area contributed by atoms with Crippen molar-refractivity contribution in [1.82, 2.24) is 5.32 Å². The second-order valence-electron chi connectivity index (χ2n) is 7.55. The Hall–Kier alpha value is -2.28. The van der Waals surface area contributed by atoms with E-state index in [1.165, 1.54) is 0 Å². The molecule has 0 bridgehead atoms. The second-order valence-corrected chi connectivity index (χ2v) is 7.82. The van der Waals surface area contributed by atoms with Crippen LogP contribution in [0.5, 0.6) is 5.75 Å². The van der Waals surface area contributed by atoms with Crippen molar-refractivity contribution in [2.75, 3.05) is 30.5 Å². The number of halogens is 1. The third-order valence-electron chi connectivity index (χ3n) is 4.03. The minimum absolute atomic E-state index is 0.0544. The first kappa shape index (κ1) is 22.0. The first-order chi connectivity index (χ1) is 13.2. The first-order valence-electron chi connectivity index (χ1n) is 9.30. The monoisotopic (exact) mass is 410 g/mol. The molecule has 0 atom stereocenters. The fourth-order valence-corrected chi connectivity index (χ4v) is 3.04. The van der Waals surface area contributed by atoms with Crippen LogP contribution in [-0.2, 0) is 25.5 Å². The number of ether oxygens (including phenoxy) is 2. The molecule has 7 nitrogen and oxygen atoms in total. The molecule has 1 aromatic carbocycles. The van der Waals surface area contributed by atoms with Gasteiger partial charge < -0.3 is 19.7 Å². The van der Waals surface area contributed by atoms with Crippen molar-refractivity contribution in [3.63, 3.8) is 0 Å². The third kappa shape index (κ3) is 6.71. The van der Waals surface area contributed by atoms with Gasteiger partial charge in [-0.2, -0.15) is 0 Å². The van der Waals surface area contributed by atoms with E-state index < -0.39 is 5.60 Å². The van der Waals surface area contributed by atoms with Gasteiger partial charge in [-0.3, -0.25) is 14.4 Å². The van der Waals surface area contributed by atoms with Crippen molar-refractivity contribution < 1.29 is 23.9 Å². The van der Waals surface area contributed by atoms with Crippen LogP contribution in [-0.4, -0.2) is 49.0 Å². The fraction of sp³-hybridized carbons (Fsp3) is 0.550. The lowest BCUT2D eigenvalue weighted by Crippen LogP contribution is -2.36. The van der Waals surface area contributed by atoms with Crippen LogP contribution in [0.15, 0.2) is 18.2 Å². The van der Waals surface area contributed by atoms with Crippen LogP contribution in [0.4, 0.5) is 5.69 Å². The molecule has 1 aromatic rings. The van der Waals surface area contributed by atoms with Gasteiger partial charge in [0.25, 0.3) is 5.91 Å². The average molecular weight is 411 g/mol. The highest BCUT2D eigenvalue weighted by Crippen LogP contribution is 2.30. The molecule has 0 aromatic heterocycles. The summed E-state index contributed by atoms with van der Waals surface area (Å²) in [5, 5.41) is 2.63. The summed E-state index contributed by atoms with van der Waals surface area (Å²) in [4.78, 5) is 37.1. The standard InChI is InChI=1S/C20H27ClN2O5/c1-20(2,3)28-19(26)8-9-22-17(24)13-27-15-6-7-16-14(11-15)5-4-10-23(16)18(25)12-21/h6-7,11H,4-5,8-10,12-13H2,1-3H3,(H,22,24). The summed E-state index contributed by atoms with van der Waals surface area (Å²) in [6, 6.07) is 5.39. The van der Waals surface area contributed by atoms with E-state index in [1.54, 1.807) is 31.7 Å². The Morgan fingerprint density at radius 2 is 2.00 bits per heavy atom. The molecule has 1 aliphatic rings. The largest absolute Gasteiger partial charge is 0.484 e. The maximum atomic E-state index is 11.9. The molecule has 1 N–H and O–H groups in total. The number of nitrogens with zero attached hydrogens (tertiary/aromatic N) is 1. The predicted octanol–water partition coefficient (Wildman–Crippen LogP) is 2.43. The zero-order chi connectivity index (χ0) is 20.7. The lowest BCUT2D eigenvalue weighted by atomic mass is 10.0. The zero-order valence-corrected chi connectivity index (χ0v) is 17.3. The van der Waals surface area contributed by atoms with Gasteiger partial charge in [-0.25, -0.2) is 0 Å². The van der Waals surface area contributed by atoms with Crippen LogP contribution >= 0.6 is 11.6 Å². The number of rotatable bonds is 7. The predicted molar refractivity (Wildman–Crippen MR) is 107 cm³/mol. The minimum Gasteiger partial charge on any atom is -0.484 e. The van der Waals surface area contributed by atoms with E-state index in [0.717, 1.165) is 24.1 Å². The van der Waals surface area contributed by atoms with E-state index >= 15 is 0 Å². The number of nitrogens with one attached hydrogen (secondary N) is 1. The van der Waals surface area contributed by atoms with Crippen LogP contribution in [0.2, 0.25) is 0 Å². The van der Waals surface area contributed by atoms with Gasteiger partial charge in [0.2, 0.25) is 5.91 Å². The number of anilines is 1. The van der Waals surface area contributed by atoms with Crippen molar-refractivity contribution in [1.29, 1.82) is 0 Å². The number of hydrogen-bond acceptors (Lipinski definition) is 5. The Kier molecular flexibility index (Phi) is 7.69. The highest BCUT2D eigenvalue weighted by Gasteiger charge is 2.22. The molecular weight excluding hydrogens is 384 g/mol. The molecule has 0 unspecified atom stereocenters. The molecule has 2 rings (SSSR count). The van der Waals surface area contributed by atoms with E-state index in [9.17, 15) is 14.4 Å². The SMILES string of the molecule is CC(C)(C)OC(=O)CCNC(=O)COc1ccc2c(c1)CCCN2C(=O)CCl. The summed E-state index contributed by atoms with van der Waals surface area (Å²) in [5.41, 5.74) is 1.29. The number of carbonyl (C=O) groups is 3. The maximum absolute atomic E-state index is 11.9. The Morgan fingerprint density at radius 3 is 2.68 bits per heavy atom. The van der Waals surface area contributed by atoms with Gasteiger partial charge in [0.05, 0.1) is 6.42 Å². The van der Waals surface area contributed by atoms with Crippen molar-refractivity contribution in [3.8, 4) is 5.75 Å². The molecule has 0 radical (unpaired) electrons. The molecule has 0 saturated heterocycles. The number of amides is 2. The van der Waals surface area contributed by atoms with Crippen molar-refractivity contribution in [2.24, 2.45) is 0 Å². The van der Waals surface area contributed by atoms with Crippen LogP contribution in [0, 0.1) is 0 Å². The summed E-state index contributed by atoms with van der Waals surface area (Å²) in [6.45, 7) is 6.06. The normalized spacial score (nSPS) is 13.5. The average Bonchev–Trinajstić information content (AvgIpc) is 2.63. The zero-order valence-electron chi connectivity index (χ0n) is 16.5. The van der Waals surface area contributed by atoms with Gasteiger partial charge >= 0.3 is 5.97 Å². The number of hydrogen-bond donors (Lipinski definition) is 1. The van der Waals surface area contributed by atoms with E-state index in [1.807, 2.05) is 12.1 Å². The van der Waals surface area contributed by atoms with Crippen LogP contribution in [0.1, 0.15) is 39.2 Å². The highest BCUT2D eigenvalue weighted by molar-refractivity contribution is 6.29. The summed E-state index contributed by atoms with van der Waals surface area (Å²) in [5.74, 6) is -0.303. The van der Waals surface area contributed by atoms with E-state index in [2.05, 4.69) is 5.32 Å². The fourth-order valence-electron chi connectivity index (χ4n) is 2.89. The number of benzene rings is 1. The van der Waals surface area contributed by atoms with Crippen LogP contribution < -0.4 is 15.0 Å². The molecule has 0 aliphatic carbocycles. The molecule has 28 heavy (non-hydrogen) atoms. The molecule has 0 saturated carbocycles. The number of carbonyl (C=O) groups excluding carboxylic acids is 3. The number of fused-ring (bicyclic) bond motifs is 1. The first-order valence-corrected chi connectivity index (χ1v) is 9.83. The Morgan fingerprint density at radius 1 is 1.25 bits per heavy atom. The Balaban J connectivity index is 1.81.